The van der Waals surface area contributed by atoms with Gasteiger partial charge < -0.3 is 10.6 Å². The third-order valence-electron chi connectivity index (χ3n) is 4.13. The molecule has 0 spiro atoms. The van der Waals surface area contributed by atoms with Gasteiger partial charge in [-0.3, -0.25) is 4.68 Å². The van der Waals surface area contributed by atoms with E-state index in [0.717, 1.165) is 19.6 Å². The molecule has 0 saturated carbocycles. The first-order valence-electron chi connectivity index (χ1n) is 7.28. The summed E-state index contributed by atoms with van der Waals surface area (Å²) >= 11 is 0. The minimum atomic E-state index is 0.864. The zero-order chi connectivity index (χ0) is 13.9. The van der Waals surface area contributed by atoms with Crippen molar-refractivity contribution in [3.05, 3.63) is 46.8 Å². The number of rotatable bonds is 4. The largest absolute Gasteiger partial charge is 0.385 e. The first-order chi connectivity index (χ1) is 9.75. The van der Waals surface area contributed by atoms with Crippen molar-refractivity contribution >= 4 is 5.69 Å². The van der Waals surface area contributed by atoms with E-state index in [-0.39, 0.29) is 0 Å². The zero-order valence-electron chi connectivity index (χ0n) is 12.2. The molecule has 0 unspecified atom stereocenters. The molecule has 1 aromatic heterocycles. The maximum atomic E-state index is 4.28. The maximum absolute atomic E-state index is 4.28. The fourth-order valence-corrected chi connectivity index (χ4v) is 2.78. The lowest BCUT2D eigenvalue weighted by Gasteiger charge is -2.21. The first kappa shape index (κ1) is 13.2. The Balaban J connectivity index is 1.65. The highest BCUT2D eigenvalue weighted by Crippen LogP contribution is 2.25. The van der Waals surface area contributed by atoms with Crippen molar-refractivity contribution in [2.24, 2.45) is 7.05 Å². The van der Waals surface area contributed by atoms with Crippen LogP contribution in [-0.4, -0.2) is 16.3 Å². The van der Waals surface area contributed by atoms with E-state index < -0.39 is 0 Å². The van der Waals surface area contributed by atoms with Crippen LogP contribution >= 0.6 is 0 Å². The number of aryl methyl sites for hydroxylation is 2. The Morgan fingerprint density at radius 3 is 2.95 bits per heavy atom. The standard InChI is InChI=1S/C16H22N4/c1-12-15(11-19-20(12)2)10-17-9-14-6-3-5-13-7-4-8-18-16(13)14/h3,5-6,11,17-18H,4,7-10H2,1-2H3. The van der Waals surface area contributed by atoms with Crippen molar-refractivity contribution in [2.75, 3.05) is 11.9 Å². The molecule has 2 N–H and O–H groups in total. The molecule has 4 nitrogen and oxygen atoms in total. The molecular formula is C16H22N4. The van der Waals surface area contributed by atoms with Crippen LogP contribution in [0.4, 0.5) is 5.69 Å². The normalized spacial score (nSPS) is 13.9. The third kappa shape index (κ3) is 2.56. The predicted molar refractivity (Wildman–Crippen MR) is 81.7 cm³/mol. The highest BCUT2D eigenvalue weighted by Gasteiger charge is 2.12. The second-order valence-corrected chi connectivity index (χ2v) is 5.46. The van der Waals surface area contributed by atoms with Crippen molar-refractivity contribution in [2.45, 2.75) is 32.9 Å². The van der Waals surface area contributed by atoms with Crippen molar-refractivity contribution in [3.63, 3.8) is 0 Å². The molecule has 2 heterocycles. The number of fused-ring (bicyclic) bond motifs is 1. The second-order valence-electron chi connectivity index (χ2n) is 5.46. The van der Waals surface area contributed by atoms with Crippen LogP contribution < -0.4 is 10.6 Å². The van der Waals surface area contributed by atoms with Crippen molar-refractivity contribution < 1.29 is 0 Å². The maximum Gasteiger partial charge on any atom is 0.0537 e. The van der Waals surface area contributed by atoms with Gasteiger partial charge in [-0.15, -0.1) is 0 Å². The van der Waals surface area contributed by atoms with E-state index in [1.807, 2.05) is 17.9 Å². The summed E-state index contributed by atoms with van der Waals surface area (Å²) in [6.07, 6.45) is 4.37. The van der Waals surface area contributed by atoms with Crippen LogP contribution in [0.3, 0.4) is 0 Å². The number of hydrogen-bond acceptors (Lipinski definition) is 3. The highest BCUT2D eigenvalue weighted by molar-refractivity contribution is 5.59. The molecule has 3 rings (SSSR count). The Bertz CT molecular complexity index is 601. The van der Waals surface area contributed by atoms with E-state index in [9.17, 15) is 0 Å². The SMILES string of the molecule is Cc1c(CNCc2cccc3c2NCCC3)cnn1C. The van der Waals surface area contributed by atoms with Crippen LogP contribution in [0.15, 0.2) is 24.4 Å². The fraction of sp³-hybridized carbons (Fsp3) is 0.438. The molecule has 0 fully saturated rings. The molecule has 20 heavy (non-hydrogen) atoms. The van der Waals surface area contributed by atoms with E-state index in [0.29, 0.717) is 0 Å². The number of aromatic nitrogens is 2. The van der Waals surface area contributed by atoms with E-state index in [2.05, 4.69) is 40.9 Å². The average molecular weight is 270 g/mol. The first-order valence-corrected chi connectivity index (χ1v) is 7.28. The van der Waals surface area contributed by atoms with Gasteiger partial charge >= 0.3 is 0 Å². The van der Waals surface area contributed by atoms with Crippen molar-refractivity contribution in [1.82, 2.24) is 15.1 Å². The summed E-state index contributed by atoms with van der Waals surface area (Å²) < 4.78 is 1.92. The van der Waals surface area contributed by atoms with Crippen LogP contribution in [0.5, 0.6) is 0 Å². The van der Waals surface area contributed by atoms with E-state index in [1.54, 1.807) is 0 Å². The van der Waals surface area contributed by atoms with E-state index >= 15 is 0 Å². The molecule has 0 bridgehead atoms. The van der Waals surface area contributed by atoms with Gasteiger partial charge in [0.2, 0.25) is 0 Å². The fourth-order valence-electron chi connectivity index (χ4n) is 2.78. The van der Waals surface area contributed by atoms with Crippen LogP contribution in [-0.2, 0) is 26.6 Å². The Morgan fingerprint density at radius 1 is 1.30 bits per heavy atom. The van der Waals surface area contributed by atoms with Gasteiger partial charge in [0.15, 0.2) is 0 Å². The van der Waals surface area contributed by atoms with E-state index in [1.165, 1.54) is 40.9 Å². The lowest BCUT2D eigenvalue weighted by atomic mass is 9.99. The summed E-state index contributed by atoms with van der Waals surface area (Å²) in [5, 5.41) is 11.3. The van der Waals surface area contributed by atoms with Gasteiger partial charge in [0.1, 0.15) is 0 Å². The monoisotopic (exact) mass is 270 g/mol. The number of nitrogens with zero attached hydrogens (tertiary/aromatic N) is 2. The zero-order valence-corrected chi connectivity index (χ0v) is 12.2. The molecule has 1 aliphatic rings. The Labute approximate surface area is 120 Å². The van der Waals surface area contributed by atoms with Crippen molar-refractivity contribution in [1.29, 1.82) is 0 Å². The van der Waals surface area contributed by atoms with Gasteiger partial charge in [-0.2, -0.15) is 5.10 Å². The summed E-state index contributed by atoms with van der Waals surface area (Å²) in [5.74, 6) is 0. The highest BCUT2D eigenvalue weighted by atomic mass is 15.3. The lowest BCUT2D eigenvalue weighted by Crippen LogP contribution is -2.18. The molecule has 0 radical (unpaired) electrons. The predicted octanol–water partition coefficient (Wildman–Crippen LogP) is 2.38. The summed E-state index contributed by atoms with van der Waals surface area (Å²) in [7, 11) is 1.98. The van der Waals surface area contributed by atoms with Crippen LogP contribution in [0.25, 0.3) is 0 Å². The molecule has 1 aromatic carbocycles. The molecule has 1 aliphatic heterocycles. The van der Waals surface area contributed by atoms with Crippen LogP contribution in [0.2, 0.25) is 0 Å². The topological polar surface area (TPSA) is 41.9 Å². The number of anilines is 1. The Kier molecular flexibility index (Phi) is 3.74. The van der Waals surface area contributed by atoms with Gasteiger partial charge in [0.05, 0.1) is 6.20 Å². The van der Waals surface area contributed by atoms with Gasteiger partial charge in [-0.05, 0) is 30.9 Å². The molecule has 106 valence electrons. The van der Waals surface area contributed by atoms with Crippen molar-refractivity contribution in [3.8, 4) is 0 Å². The molecule has 0 aliphatic carbocycles. The number of hydrogen-bond donors (Lipinski definition) is 2. The lowest BCUT2D eigenvalue weighted by molar-refractivity contribution is 0.682. The molecule has 0 atom stereocenters. The quantitative estimate of drug-likeness (QED) is 0.896. The smallest absolute Gasteiger partial charge is 0.0537 e. The molecule has 2 aromatic rings. The minimum Gasteiger partial charge on any atom is -0.385 e. The number of benzene rings is 1. The van der Waals surface area contributed by atoms with Crippen LogP contribution in [0, 0.1) is 6.92 Å². The molecule has 0 amide bonds. The third-order valence-corrected chi connectivity index (χ3v) is 4.13. The Hall–Kier alpha value is -1.81. The molecule has 4 heteroatoms. The second kappa shape index (κ2) is 5.67. The van der Waals surface area contributed by atoms with Crippen LogP contribution in [0.1, 0.15) is 28.8 Å². The van der Waals surface area contributed by atoms with Gasteiger partial charge in [0, 0.05) is 43.6 Å². The van der Waals surface area contributed by atoms with E-state index in [4.69, 9.17) is 0 Å². The minimum absolute atomic E-state index is 0.864. The summed E-state index contributed by atoms with van der Waals surface area (Å²) in [6.45, 7) is 4.95. The molecular weight excluding hydrogens is 248 g/mol. The summed E-state index contributed by atoms with van der Waals surface area (Å²) in [5.41, 5.74) is 6.65. The van der Waals surface area contributed by atoms with Gasteiger partial charge in [0.25, 0.3) is 0 Å². The Morgan fingerprint density at radius 2 is 2.15 bits per heavy atom. The average Bonchev–Trinajstić information content (AvgIpc) is 2.79. The summed E-state index contributed by atoms with van der Waals surface area (Å²) in [4.78, 5) is 0. The van der Waals surface area contributed by atoms with Gasteiger partial charge in [-0.25, -0.2) is 0 Å². The summed E-state index contributed by atoms with van der Waals surface area (Å²) in [6, 6.07) is 6.61. The number of nitrogens with one attached hydrogen (secondary N) is 2. The molecule has 0 saturated heterocycles. The van der Waals surface area contributed by atoms with Gasteiger partial charge in [-0.1, -0.05) is 18.2 Å². The number of para-hydroxylation sites is 1.